The third-order valence-electron chi connectivity index (χ3n) is 7.88. The Morgan fingerprint density at radius 1 is 0.947 bits per heavy atom. The number of amides is 3. The van der Waals surface area contributed by atoms with Gasteiger partial charge in [0.2, 0.25) is 11.8 Å². The average molecular weight is 510 g/mol. The van der Waals surface area contributed by atoms with Crippen LogP contribution in [0.25, 0.3) is 0 Å². The number of nitrogens with one attached hydrogen (secondary N) is 2. The number of anilines is 2. The molecule has 0 bridgehead atoms. The Morgan fingerprint density at radius 3 is 2.55 bits per heavy atom. The summed E-state index contributed by atoms with van der Waals surface area (Å²) in [5, 5.41) is 5.74. The van der Waals surface area contributed by atoms with E-state index < -0.39 is 6.04 Å². The van der Waals surface area contributed by atoms with Crippen molar-refractivity contribution in [1.82, 2.24) is 20.1 Å². The van der Waals surface area contributed by atoms with Crippen LogP contribution in [-0.2, 0) is 22.7 Å². The molecule has 0 spiro atoms. The summed E-state index contributed by atoms with van der Waals surface area (Å²) in [6, 6.07) is 19.8. The average Bonchev–Trinajstić information content (AvgIpc) is 3.25. The molecule has 194 valence electrons. The van der Waals surface area contributed by atoms with Crippen LogP contribution in [0, 0.1) is 0 Å². The number of para-hydroxylation sites is 1. The molecule has 4 heterocycles. The number of hydrogen-bond acceptors (Lipinski definition) is 6. The molecule has 8 nitrogen and oxygen atoms in total. The first-order valence-electron chi connectivity index (χ1n) is 13.3. The van der Waals surface area contributed by atoms with Gasteiger partial charge in [-0.25, -0.2) is 4.98 Å². The van der Waals surface area contributed by atoms with Gasteiger partial charge in [-0.3, -0.25) is 24.6 Å². The Labute approximate surface area is 222 Å². The molecular weight excluding hydrogens is 478 g/mol. The van der Waals surface area contributed by atoms with E-state index in [-0.39, 0.29) is 24.1 Å². The fraction of sp³-hybridized carbons (Fsp3) is 0.333. The van der Waals surface area contributed by atoms with Gasteiger partial charge in [-0.2, -0.15) is 0 Å². The number of rotatable bonds is 6. The summed E-state index contributed by atoms with van der Waals surface area (Å²) in [4.78, 5) is 45.4. The minimum absolute atomic E-state index is 0.116. The number of pyridine rings is 1. The lowest BCUT2D eigenvalue weighted by Gasteiger charge is -2.32. The van der Waals surface area contributed by atoms with E-state index in [2.05, 4.69) is 44.8 Å². The maximum absolute atomic E-state index is 13.0. The molecule has 3 aliphatic rings. The molecule has 3 aromatic rings. The highest BCUT2D eigenvalue weighted by Crippen LogP contribution is 2.34. The Bertz CT molecular complexity index is 1370. The van der Waals surface area contributed by atoms with E-state index in [1.807, 2.05) is 42.6 Å². The number of benzene rings is 2. The number of carbonyl (C=O) groups is 3. The van der Waals surface area contributed by atoms with Crippen LogP contribution in [0.2, 0.25) is 0 Å². The summed E-state index contributed by atoms with van der Waals surface area (Å²) < 4.78 is 0. The largest absolute Gasteiger partial charge is 0.340 e. The highest BCUT2D eigenvalue weighted by molar-refractivity contribution is 6.05. The first kappa shape index (κ1) is 24.3. The molecule has 2 saturated heterocycles. The van der Waals surface area contributed by atoms with Crippen molar-refractivity contribution in [2.24, 2.45) is 0 Å². The Kier molecular flexibility index (Phi) is 6.64. The molecule has 1 aromatic heterocycles. The molecule has 1 unspecified atom stereocenters. The molecule has 38 heavy (non-hydrogen) atoms. The van der Waals surface area contributed by atoms with Crippen molar-refractivity contribution in [2.75, 3.05) is 18.4 Å². The maximum Gasteiger partial charge on any atom is 0.255 e. The number of carbonyl (C=O) groups excluding carboxylic acids is 3. The molecule has 2 N–H and O–H groups in total. The smallest absolute Gasteiger partial charge is 0.255 e. The molecule has 0 aliphatic carbocycles. The maximum atomic E-state index is 13.0. The third-order valence-corrected chi connectivity index (χ3v) is 7.88. The van der Waals surface area contributed by atoms with Crippen LogP contribution in [0.5, 0.6) is 0 Å². The van der Waals surface area contributed by atoms with Crippen LogP contribution >= 0.6 is 0 Å². The van der Waals surface area contributed by atoms with E-state index in [1.54, 1.807) is 4.90 Å². The molecular formula is C30H31N5O3. The van der Waals surface area contributed by atoms with Gasteiger partial charge in [0.25, 0.3) is 5.91 Å². The zero-order valence-corrected chi connectivity index (χ0v) is 21.2. The van der Waals surface area contributed by atoms with Gasteiger partial charge >= 0.3 is 0 Å². The minimum atomic E-state index is -0.573. The second-order valence-corrected chi connectivity index (χ2v) is 10.4. The Balaban J connectivity index is 1.06. The van der Waals surface area contributed by atoms with E-state index in [4.69, 9.17) is 0 Å². The standard InChI is InChI=1S/C30H31N5O3/c36-28-9-8-26(29(37)33-28)35-19-23-17-22(6-7-25(23)30(35)38)21-11-14-34(15-12-21)18-20-10-13-31-27(16-20)32-24-4-2-1-3-5-24/h1-7,10,13,16-17,21,26H,8-9,11-12,14-15,18-19H2,(H,31,32)(H,33,36,37). The number of piperidine rings is 2. The summed E-state index contributed by atoms with van der Waals surface area (Å²) in [5.74, 6) is 0.547. The van der Waals surface area contributed by atoms with E-state index in [0.29, 0.717) is 24.4 Å². The van der Waals surface area contributed by atoms with Gasteiger partial charge in [-0.05, 0) is 85.3 Å². The van der Waals surface area contributed by atoms with Gasteiger partial charge in [0, 0.05) is 37.0 Å². The van der Waals surface area contributed by atoms with Crippen molar-refractivity contribution in [3.8, 4) is 0 Å². The summed E-state index contributed by atoms with van der Waals surface area (Å²) in [6.07, 6.45) is 4.63. The quantitative estimate of drug-likeness (QED) is 0.489. The summed E-state index contributed by atoms with van der Waals surface area (Å²) >= 11 is 0. The monoisotopic (exact) mass is 509 g/mol. The van der Waals surface area contributed by atoms with Gasteiger partial charge in [-0.15, -0.1) is 0 Å². The van der Waals surface area contributed by atoms with Crippen molar-refractivity contribution >= 4 is 29.2 Å². The van der Waals surface area contributed by atoms with Crippen molar-refractivity contribution in [2.45, 2.75) is 50.7 Å². The lowest BCUT2D eigenvalue weighted by molar-refractivity contribution is -0.136. The Morgan fingerprint density at radius 2 is 1.76 bits per heavy atom. The first-order chi connectivity index (χ1) is 18.5. The molecule has 0 saturated carbocycles. The Hall–Kier alpha value is -4.04. The van der Waals surface area contributed by atoms with Crippen molar-refractivity contribution in [3.63, 3.8) is 0 Å². The minimum Gasteiger partial charge on any atom is -0.340 e. The summed E-state index contributed by atoms with van der Waals surface area (Å²) in [7, 11) is 0. The van der Waals surface area contributed by atoms with Crippen molar-refractivity contribution in [3.05, 3.63) is 89.1 Å². The van der Waals surface area contributed by atoms with Gasteiger partial charge < -0.3 is 10.2 Å². The first-order valence-corrected chi connectivity index (χ1v) is 13.3. The highest BCUT2D eigenvalue weighted by atomic mass is 16.2. The van der Waals surface area contributed by atoms with E-state index in [0.717, 1.165) is 49.5 Å². The van der Waals surface area contributed by atoms with Gasteiger partial charge in [0.1, 0.15) is 11.9 Å². The van der Waals surface area contributed by atoms with Crippen LogP contribution < -0.4 is 10.6 Å². The van der Waals surface area contributed by atoms with E-state index >= 15 is 0 Å². The summed E-state index contributed by atoms with van der Waals surface area (Å²) in [5.41, 5.74) is 5.18. The van der Waals surface area contributed by atoms with E-state index in [1.165, 1.54) is 11.1 Å². The molecule has 3 aliphatic heterocycles. The molecule has 2 aromatic carbocycles. The highest BCUT2D eigenvalue weighted by Gasteiger charge is 2.39. The fourth-order valence-corrected chi connectivity index (χ4v) is 5.84. The molecule has 2 fully saturated rings. The predicted octanol–water partition coefficient (Wildman–Crippen LogP) is 3.97. The number of likely N-dealkylation sites (tertiary alicyclic amines) is 1. The normalized spacial score (nSPS) is 20.4. The van der Waals surface area contributed by atoms with Crippen LogP contribution in [0.3, 0.4) is 0 Å². The van der Waals surface area contributed by atoms with Crippen LogP contribution in [0.1, 0.15) is 58.6 Å². The molecule has 8 heteroatoms. The van der Waals surface area contributed by atoms with Crippen LogP contribution in [0.15, 0.2) is 66.9 Å². The number of aromatic nitrogens is 1. The van der Waals surface area contributed by atoms with Gasteiger partial charge in [-0.1, -0.05) is 30.3 Å². The second kappa shape index (κ2) is 10.4. The number of imide groups is 1. The number of nitrogens with zero attached hydrogens (tertiary/aromatic N) is 3. The summed E-state index contributed by atoms with van der Waals surface area (Å²) in [6.45, 7) is 3.33. The van der Waals surface area contributed by atoms with Crippen molar-refractivity contribution in [1.29, 1.82) is 0 Å². The lowest BCUT2D eigenvalue weighted by atomic mass is 9.88. The van der Waals surface area contributed by atoms with Crippen molar-refractivity contribution < 1.29 is 14.4 Å². The number of fused-ring (bicyclic) bond motifs is 1. The SMILES string of the molecule is O=C1CCC(N2Cc3cc(C4CCN(Cc5ccnc(Nc6ccccc6)c5)CC4)ccc3C2=O)C(=O)N1. The van der Waals surface area contributed by atoms with E-state index in [9.17, 15) is 14.4 Å². The topological polar surface area (TPSA) is 94.6 Å². The molecule has 6 rings (SSSR count). The van der Waals surface area contributed by atoms with Crippen LogP contribution in [0.4, 0.5) is 11.5 Å². The predicted molar refractivity (Wildman–Crippen MR) is 144 cm³/mol. The molecule has 3 amide bonds. The zero-order chi connectivity index (χ0) is 26.1. The third kappa shape index (κ3) is 5.04. The van der Waals surface area contributed by atoms with Crippen LogP contribution in [-0.4, -0.2) is 51.6 Å². The van der Waals surface area contributed by atoms with Gasteiger partial charge in [0.15, 0.2) is 0 Å². The molecule has 0 radical (unpaired) electrons. The fourth-order valence-electron chi connectivity index (χ4n) is 5.84. The number of hydrogen-bond donors (Lipinski definition) is 2. The van der Waals surface area contributed by atoms with Gasteiger partial charge in [0.05, 0.1) is 0 Å². The zero-order valence-electron chi connectivity index (χ0n) is 21.2. The lowest BCUT2D eigenvalue weighted by Crippen LogP contribution is -2.52. The molecule has 1 atom stereocenters. The second-order valence-electron chi connectivity index (χ2n) is 10.4.